The molecule has 1 N–H and O–H groups in total. The highest BCUT2D eigenvalue weighted by molar-refractivity contribution is 5.85. The minimum absolute atomic E-state index is 0.00660. The first kappa shape index (κ1) is 26.7. The molecule has 0 radical (unpaired) electrons. The molecule has 0 aromatic rings. The van der Waals surface area contributed by atoms with Gasteiger partial charge in [0.2, 0.25) is 0 Å². The van der Waals surface area contributed by atoms with Crippen LogP contribution in [-0.2, 0) is 19.1 Å². The molecular formula is C31H50O5. The molecule has 1 aliphatic heterocycles. The summed E-state index contributed by atoms with van der Waals surface area (Å²) in [5.41, 5.74) is -1.31. The fourth-order valence-electron chi connectivity index (χ4n) is 10.9. The van der Waals surface area contributed by atoms with Crippen molar-refractivity contribution in [2.24, 2.45) is 45.8 Å². The number of Topliss-reactive ketones (excluding diaryl/α,β-unsaturated/α-hetero) is 1. The minimum atomic E-state index is -0.835. The zero-order valence-electron chi connectivity index (χ0n) is 24.0. The Balaban J connectivity index is 1.50. The van der Waals surface area contributed by atoms with Gasteiger partial charge in [-0.1, -0.05) is 27.7 Å². The minimum Gasteiger partial charge on any atom is -0.462 e. The number of fused-ring (bicyclic) bond motifs is 5. The SMILES string of the molecule is CC(=O)OC1CC2C(C3(C)CCC(C(C)(C)O)O3)CCC2C2(C)CCC3C(C)(C)C(=O)CCC3(C)C12. The Kier molecular flexibility index (Phi) is 6.13. The predicted molar refractivity (Wildman–Crippen MR) is 139 cm³/mol. The molecule has 5 aliphatic rings. The maximum Gasteiger partial charge on any atom is 0.302 e. The molecule has 10 unspecified atom stereocenters. The van der Waals surface area contributed by atoms with Crippen molar-refractivity contribution in [1.82, 2.24) is 0 Å². The molecule has 4 saturated carbocycles. The molecule has 1 saturated heterocycles. The van der Waals surface area contributed by atoms with Crippen molar-refractivity contribution < 1.29 is 24.2 Å². The Hall–Kier alpha value is -0.940. The van der Waals surface area contributed by atoms with E-state index in [1.165, 1.54) is 6.42 Å². The van der Waals surface area contributed by atoms with Gasteiger partial charge in [-0.05, 0) is 107 Å². The number of ketones is 1. The van der Waals surface area contributed by atoms with Gasteiger partial charge in [0.05, 0.1) is 17.3 Å². The molecule has 0 bridgehead atoms. The summed E-state index contributed by atoms with van der Waals surface area (Å²) in [5, 5.41) is 10.7. The summed E-state index contributed by atoms with van der Waals surface area (Å²) in [7, 11) is 0. The van der Waals surface area contributed by atoms with E-state index in [4.69, 9.17) is 9.47 Å². The standard InChI is InChI=1S/C31H50O5/c1-18(32)35-22-17-19-20(9-10-21(19)31(8)16-13-25(36-31)28(4,5)34)29(6)14-11-23-27(2,3)24(33)12-15-30(23,7)26(22)29/h19-23,25-26,34H,9-17H2,1-8H3. The summed E-state index contributed by atoms with van der Waals surface area (Å²) in [5.74, 6) is 2.29. The summed E-state index contributed by atoms with van der Waals surface area (Å²) >= 11 is 0. The molecule has 0 aromatic heterocycles. The monoisotopic (exact) mass is 502 g/mol. The van der Waals surface area contributed by atoms with Gasteiger partial charge in [0.1, 0.15) is 11.9 Å². The van der Waals surface area contributed by atoms with E-state index in [0.29, 0.717) is 35.9 Å². The number of hydrogen-bond acceptors (Lipinski definition) is 5. The number of hydrogen-bond donors (Lipinski definition) is 1. The van der Waals surface area contributed by atoms with Gasteiger partial charge in [0.15, 0.2) is 0 Å². The van der Waals surface area contributed by atoms with E-state index in [-0.39, 0.29) is 45.9 Å². The second-order valence-electron chi connectivity index (χ2n) is 15.2. The average molecular weight is 503 g/mol. The van der Waals surface area contributed by atoms with Crippen molar-refractivity contribution in [3.8, 4) is 0 Å². The van der Waals surface area contributed by atoms with E-state index < -0.39 is 5.60 Å². The quantitative estimate of drug-likeness (QED) is 0.472. The lowest BCUT2D eigenvalue weighted by atomic mass is 9.38. The van der Waals surface area contributed by atoms with E-state index >= 15 is 0 Å². The number of carbonyl (C=O) groups is 2. The lowest BCUT2D eigenvalue weighted by molar-refractivity contribution is -0.226. The highest BCUT2D eigenvalue weighted by atomic mass is 16.5. The maximum absolute atomic E-state index is 13.0. The number of ether oxygens (including phenoxy) is 2. The Morgan fingerprint density at radius 3 is 2.25 bits per heavy atom. The van der Waals surface area contributed by atoms with Crippen molar-refractivity contribution in [2.45, 2.75) is 137 Å². The largest absolute Gasteiger partial charge is 0.462 e. The fraction of sp³-hybridized carbons (Fsp3) is 0.935. The zero-order chi connectivity index (χ0) is 26.5. The molecule has 5 rings (SSSR count). The summed E-state index contributed by atoms with van der Waals surface area (Å²) in [4.78, 5) is 25.5. The first-order chi connectivity index (χ1) is 16.5. The smallest absolute Gasteiger partial charge is 0.302 e. The van der Waals surface area contributed by atoms with Gasteiger partial charge in [-0.15, -0.1) is 0 Å². The molecule has 0 aromatic carbocycles. The molecule has 5 nitrogen and oxygen atoms in total. The van der Waals surface area contributed by atoms with Crippen LogP contribution in [0.15, 0.2) is 0 Å². The Morgan fingerprint density at radius 2 is 1.64 bits per heavy atom. The summed E-state index contributed by atoms with van der Waals surface area (Å²) in [6, 6.07) is 0. The van der Waals surface area contributed by atoms with Gasteiger partial charge in [-0.3, -0.25) is 9.59 Å². The van der Waals surface area contributed by atoms with Crippen LogP contribution in [0, 0.1) is 45.8 Å². The van der Waals surface area contributed by atoms with Gasteiger partial charge in [-0.2, -0.15) is 0 Å². The molecule has 204 valence electrons. The van der Waals surface area contributed by atoms with Crippen LogP contribution in [0.25, 0.3) is 0 Å². The van der Waals surface area contributed by atoms with Crippen molar-refractivity contribution in [1.29, 1.82) is 0 Å². The van der Waals surface area contributed by atoms with E-state index in [2.05, 4.69) is 34.6 Å². The maximum atomic E-state index is 13.0. The van der Waals surface area contributed by atoms with Crippen LogP contribution in [0.5, 0.6) is 0 Å². The van der Waals surface area contributed by atoms with Gasteiger partial charge >= 0.3 is 5.97 Å². The average Bonchev–Trinajstić information content (AvgIpc) is 3.35. The topological polar surface area (TPSA) is 72.8 Å². The van der Waals surface area contributed by atoms with Gasteiger partial charge in [0.25, 0.3) is 0 Å². The van der Waals surface area contributed by atoms with Crippen LogP contribution in [0.1, 0.15) is 113 Å². The lowest BCUT2D eigenvalue weighted by Gasteiger charge is -2.67. The molecule has 0 amide bonds. The van der Waals surface area contributed by atoms with Crippen molar-refractivity contribution >= 4 is 11.8 Å². The fourth-order valence-corrected chi connectivity index (χ4v) is 10.9. The van der Waals surface area contributed by atoms with Crippen LogP contribution in [0.3, 0.4) is 0 Å². The molecular weight excluding hydrogens is 452 g/mol. The Morgan fingerprint density at radius 1 is 0.972 bits per heavy atom. The van der Waals surface area contributed by atoms with E-state index in [0.717, 1.165) is 44.9 Å². The van der Waals surface area contributed by atoms with Crippen molar-refractivity contribution in [3.05, 3.63) is 0 Å². The number of esters is 1. The third-order valence-electron chi connectivity index (χ3n) is 12.4. The molecule has 5 heteroatoms. The van der Waals surface area contributed by atoms with Crippen LogP contribution < -0.4 is 0 Å². The van der Waals surface area contributed by atoms with E-state index in [9.17, 15) is 14.7 Å². The highest BCUT2D eigenvalue weighted by Crippen LogP contribution is 2.72. The second-order valence-corrected chi connectivity index (χ2v) is 15.2. The van der Waals surface area contributed by atoms with E-state index in [1.807, 2.05) is 13.8 Å². The summed E-state index contributed by atoms with van der Waals surface area (Å²) in [6.45, 7) is 16.8. The molecule has 4 aliphatic carbocycles. The molecule has 36 heavy (non-hydrogen) atoms. The highest BCUT2D eigenvalue weighted by Gasteiger charge is 2.69. The van der Waals surface area contributed by atoms with Crippen LogP contribution >= 0.6 is 0 Å². The molecule has 10 atom stereocenters. The first-order valence-electron chi connectivity index (χ1n) is 14.6. The van der Waals surface area contributed by atoms with Crippen molar-refractivity contribution in [2.75, 3.05) is 0 Å². The summed E-state index contributed by atoms with van der Waals surface area (Å²) in [6.07, 6.45) is 8.60. The third-order valence-corrected chi connectivity index (χ3v) is 12.4. The van der Waals surface area contributed by atoms with Gasteiger partial charge in [0, 0.05) is 24.7 Å². The third kappa shape index (κ3) is 3.76. The molecule has 1 heterocycles. The van der Waals surface area contributed by atoms with E-state index in [1.54, 1.807) is 6.92 Å². The molecule has 0 spiro atoms. The number of carbonyl (C=O) groups excluding carboxylic acids is 2. The van der Waals surface area contributed by atoms with Crippen LogP contribution in [-0.4, -0.2) is 40.3 Å². The molecule has 5 fully saturated rings. The second kappa shape index (κ2) is 8.28. The zero-order valence-corrected chi connectivity index (χ0v) is 24.0. The van der Waals surface area contributed by atoms with Crippen molar-refractivity contribution in [3.63, 3.8) is 0 Å². The number of rotatable bonds is 3. The van der Waals surface area contributed by atoms with Gasteiger partial charge in [-0.25, -0.2) is 0 Å². The Bertz CT molecular complexity index is 918. The lowest BCUT2D eigenvalue weighted by Crippen LogP contribution is -2.65. The van der Waals surface area contributed by atoms with Gasteiger partial charge < -0.3 is 14.6 Å². The normalized spacial score (nSPS) is 50.2. The van der Waals surface area contributed by atoms with Crippen LogP contribution in [0.2, 0.25) is 0 Å². The number of aliphatic hydroxyl groups is 1. The predicted octanol–water partition coefficient (Wildman–Crippen LogP) is 6.10. The summed E-state index contributed by atoms with van der Waals surface area (Å²) < 4.78 is 12.9. The van der Waals surface area contributed by atoms with Crippen LogP contribution in [0.4, 0.5) is 0 Å². The first-order valence-corrected chi connectivity index (χ1v) is 14.6. The Labute approximate surface area is 218 Å².